The molecule has 1 aliphatic rings. The highest BCUT2D eigenvalue weighted by molar-refractivity contribution is 5.39. The van der Waals surface area contributed by atoms with Crippen LogP contribution in [0.2, 0.25) is 0 Å². The summed E-state index contributed by atoms with van der Waals surface area (Å²) in [6.07, 6.45) is 0.959. The van der Waals surface area contributed by atoms with Crippen LogP contribution in [0, 0.1) is 12.7 Å². The zero-order valence-electron chi connectivity index (χ0n) is 8.09. The Kier molecular flexibility index (Phi) is 2.42. The lowest BCUT2D eigenvalue weighted by molar-refractivity contribution is 0.167. The number of rotatable bonds is 0. The Morgan fingerprint density at radius 3 is 3.07 bits per heavy atom. The third-order valence-electron chi connectivity index (χ3n) is 2.53. The molecule has 14 heavy (non-hydrogen) atoms. The van der Waals surface area contributed by atoms with Gasteiger partial charge >= 0.3 is 0 Å². The zero-order chi connectivity index (χ0) is 10.1. The lowest BCUT2D eigenvalue weighted by atomic mass is 10.0. The summed E-state index contributed by atoms with van der Waals surface area (Å²) >= 11 is 0. The van der Waals surface area contributed by atoms with Crippen LogP contribution in [0.15, 0.2) is 12.1 Å². The van der Waals surface area contributed by atoms with Crippen LogP contribution < -0.4 is 4.74 Å². The maximum absolute atomic E-state index is 13.2. The van der Waals surface area contributed by atoms with Gasteiger partial charge in [0.05, 0.1) is 12.7 Å². The molecule has 0 spiro atoms. The predicted molar refractivity (Wildman–Crippen MR) is 50.8 cm³/mol. The van der Waals surface area contributed by atoms with Crippen molar-refractivity contribution in [3.8, 4) is 5.75 Å². The van der Waals surface area contributed by atoms with Crippen LogP contribution >= 0.6 is 0 Å². The summed E-state index contributed by atoms with van der Waals surface area (Å²) in [7, 11) is 0. The van der Waals surface area contributed by atoms with Gasteiger partial charge in [0.2, 0.25) is 0 Å². The average molecular weight is 196 g/mol. The van der Waals surface area contributed by atoms with E-state index in [2.05, 4.69) is 0 Å². The third-order valence-corrected chi connectivity index (χ3v) is 2.53. The molecule has 2 nitrogen and oxygen atoms in total. The van der Waals surface area contributed by atoms with E-state index in [0.717, 1.165) is 6.42 Å². The van der Waals surface area contributed by atoms with Gasteiger partial charge in [0.15, 0.2) is 0 Å². The van der Waals surface area contributed by atoms with Gasteiger partial charge in [-0.3, -0.25) is 0 Å². The van der Waals surface area contributed by atoms with Gasteiger partial charge in [0.25, 0.3) is 0 Å². The maximum Gasteiger partial charge on any atom is 0.129 e. The molecule has 76 valence electrons. The van der Waals surface area contributed by atoms with Crippen molar-refractivity contribution in [2.75, 3.05) is 6.61 Å². The molecule has 0 fully saturated rings. The Morgan fingerprint density at radius 2 is 2.29 bits per heavy atom. The van der Waals surface area contributed by atoms with E-state index in [9.17, 15) is 9.50 Å². The van der Waals surface area contributed by atoms with E-state index in [0.29, 0.717) is 29.9 Å². The van der Waals surface area contributed by atoms with E-state index < -0.39 is 6.10 Å². The normalized spacial score (nSPS) is 20.9. The number of hydrogen-bond donors (Lipinski definition) is 1. The van der Waals surface area contributed by atoms with E-state index in [1.807, 2.05) is 0 Å². The first-order valence-electron chi connectivity index (χ1n) is 4.79. The Morgan fingerprint density at radius 1 is 1.50 bits per heavy atom. The topological polar surface area (TPSA) is 29.5 Å². The number of aliphatic hydroxyl groups is 1. The van der Waals surface area contributed by atoms with Crippen LogP contribution in [0.4, 0.5) is 4.39 Å². The van der Waals surface area contributed by atoms with Crippen LogP contribution in [0.1, 0.15) is 30.1 Å². The first-order valence-corrected chi connectivity index (χ1v) is 4.79. The van der Waals surface area contributed by atoms with E-state index in [-0.39, 0.29) is 5.82 Å². The number of ether oxygens (including phenoxy) is 1. The van der Waals surface area contributed by atoms with Gasteiger partial charge in [-0.1, -0.05) is 0 Å². The first kappa shape index (κ1) is 9.46. The minimum Gasteiger partial charge on any atom is -0.493 e. The van der Waals surface area contributed by atoms with Crippen molar-refractivity contribution in [3.05, 3.63) is 29.1 Å². The minimum atomic E-state index is -0.521. The molecule has 0 saturated carbocycles. The van der Waals surface area contributed by atoms with Gasteiger partial charge in [0, 0.05) is 11.6 Å². The zero-order valence-corrected chi connectivity index (χ0v) is 8.09. The van der Waals surface area contributed by atoms with Gasteiger partial charge in [-0.15, -0.1) is 0 Å². The molecule has 1 N–H and O–H groups in total. The predicted octanol–water partition coefficient (Wildman–Crippen LogP) is 2.34. The van der Waals surface area contributed by atoms with Crippen molar-refractivity contribution in [3.63, 3.8) is 0 Å². The van der Waals surface area contributed by atoms with Crippen LogP contribution in [0.25, 0.3) is 0 Å². The van der Waals surface area contributed by atoms with Gasteiger partial charge in [-0.2, -0.15) is 0 Å². The molecule has 0 bridgehead atoms. The number of fused-ring (bicyclic) bond motifs is 1. The highest BCUT2D eigenvalue weighted by Crippen LogP contribution is 2.33. The van der Waals surface area contributed by atoms with E-state index in [1.54, 1.807) is 13.0 Å². The van der Waals surface area contributed by atoms with Gasteiger partial charge in [-0.25, -0.2) is 4.39 Å². The van der Waals surface area contributed by atoms with Crippen molar-refractivity contribution in [1.82, 2.24) is 0 Å². The smallest absolute Gasteiger partial charge is 0.129 e. The average Bonchev–Trinajstić information content (AvgIpc) is 2.31. The highest BCUT2D eigenvalue weighted by Gasteiger charge is 2.18. The Hall–Kier alpha value is -1.09. The molecule has 1 aromatic rings. The summed E-state index contributed by atoms with van der Waals surface area (Å²) in [4.78, 5) is 0. The lowest BCUT2D eigenvalue weighted by Crippen LogP contribution is -1.98. The minimum absolute atomic E-state index is 0.280. The largest absolute Gasteiger partial charge is 0.493 e. The van der Waals surface area contributed by atoms with Crippen molar-refractivity contribution >= 4 is 0 Å². The molecule has 1 heterocycles. The number of aliphatic hydroxyl groups excluding tert-OH is 1. The molecule has 0 aromatic heterocycles. The second-order valence-electron chi connectivity index (χ2n) is 3.65. The molecular weight excluding hydrogens is 183 g/mol. The fourth-order valence-corrected chi connectivity index (χ4v) is 1.69. The SMILES string of the molecule is Cc1cc2c(cc1F)OCCC[C@H]2O. The molecule has 2 rings (SSSR count). The molecular formula is C11H13FO2. The number of benzene rings is 1. The summed E-state index contributed by atoms with van der Waals surface area (Å²) in [5.41, 5.74) is 1.26. The molecule has 0 amide bonds. The Bertz CT molecular complexity index is 349. The second-order valence-corrected chi connectivity index (χ2v) is 3.65. The van der Waals surface area contributed by atoms with Crippen LogP contribution in [-0.4, -0.2) is 11.7 Å². The Balaban J connectivity index is 2.49. The van der Waals surface area contributed by atoms with Gasteiger partial charge in [0.1, 0.15) is 11.6 Å². The monoisotopic (exact) mass is 196 g/mol. The highest BCUT2D eigenvalue weighted by atomic mass is 19.1. The standard InChI is InChI=1S/C11H13FO2/c1-7-5-8-10(13)3-2-4-14-11(8)6-9(7)12/h5-6,10,13H,2-4H2,1H3/t10-/m1/s1. The summed E-state index contributed by atoms with van der Waals surface area (Å²) in [5.74, 6) is 0.205. The number of aryl methyl sites for hydroxylation is 1. The van der Waals surface area contributed by atoms with Crippen molar-refractivity contribution in [1.29, 1.82) is 0 Å². The van der Waals surface area contributed by atoms with Crippen LogP contribution in [0.5, 0.6) is 5.75 Å². The maximum atomic E-state index is 13.2. The molecule has 0 unspecified atom stereocenters. The summed E-state index contributed by atoms with van der Waals surface area (Å²) in [6, 6.07) is 3.03. The molecule has 0 aliphatic carbocycles. The van der Waals surface area contributed by atoms with Crippen molar-refractivity contribution in [2.24, 2.45) is 0 Å². The molecule has 1 aromatic carbocycles. The van der Waals surface area contributed by atoms with E-state index in [4.69, 9.17) is 4.74 Å². The molecule has 1 atom stereocenters. The Labute approximate surface area is 82.3 Å². The number of hydrogen-bond acceptors (Lipinski definition) is 2. The molecule has 0 radical (unpaired) electrons. The summed E-state index contributed by atoms with van der Waals surface area (Å²) < 4.78 is 18.6. The first-order chi connectivity index (χ1) is 6.68. The van der Waals surface area contributed by atoms with E-state index >= 15 is 0 Å². The van der Waals surface area contributed by atoms with E-state index in [1.165, 1.54) is 6.07 Å². The van der Waals surface area contributed by atoms with Crippen LogP contribution in [0.3, 0.4) is 0 Å². The molecule has 3 heteroatoms. The van der Waals surface area contributed by atoms with Crippen molar-refractivity contribution in [2.45, 2.75) is 25.9 Å². The number of halogens is 1. The third kappa shape index (κ3) is 1.60. The lowest BCUT2D eigenvalue weighted by Gasteiger charge is -2.12. The fourth-order valence-electron chi connectivity index (χ4n) is 1.69. The molecule has 0 saturated heterocycles. The summed E-state index contributed by atoms with van der Waals surface area (Å²) in [5, 5.41) is 9.75. The summed E-state index contributed by atoms with van der Waals surface area (Å²) in [6.45, 7) is 2.24. The quantitative estimate of drug-likeness (QED) is 0.690. The molecule has 1 aliphatic heterocycles. The van der Waals surface area contributed by atoms with Gasteiger partial charge in [-0.05, 0) is 31.4 Å². The van der Waals surface area contributed by atoms with Crippen LogP contribution in [-0.2, 0) is 0 Å². The fraction of sp³-hybridized carbons (Fsp3) is 0.455. The second kappa shape index (κ2) is 3.58. The van der Waals surface area contributed by atoms with Gasteiger partial charge < -0.3 is 9.84 Å². The van der Waals surface area contributed by atoms with Crippen molar-refractivity contribution < 1.29 is 14.2 Å².